The van der Waals surface area contributed by atoms with Crippen molar-refractivity contribution in [3.05, 3.63) is 22.4 Å². The molecule has 10 heteroatoms. The van der Waals surface area contributed by atoms with Crippen LogP contribution < -0.4 is 4.72 Å². The molecule has 1 aromatic heterocycles. The van der Waals surface area contributed by atoms with Gasteiger partial charge in [0.2, 0.25) is 15.9 Å². The number of rotatable bonds is 6. The lowest BCUT2D eigenvalue weighted by molar-refractivity contribution is -0.120. The maximum absolute atomic E-state index is 12.2. The Bertz CT molecular complexity index is 764. The summed E-state index contributed by atoms with van der Waals surface area (Å²) in [6, 6.07) is 1.81. The van der Waals surface area contributed by atoms with Crippen molar-refractivity contribution in [2.45, 2.75) is 39.2 Å². The van der Waals surface area contributed by atoms with Crippen molar-refractivity contribution in [1.82, 2.24) is 14.5 Å². The highest BCUT2D eigenvalue weighted by molar-refractivity contribution is 7.90. The lowest BCUT2D eigenvalue weighted by Crippen LogP contribution is -2.51. The molecule has 1 atom stereocenters. The summed E-state index contributed by atoms with van der Waals surface area (Å²) >= 11 is 1.46. The Hall–Kier alpha value is -1.65. The Morgan fingerprint density at radius 1 is 1.25 bits per heavy atom. The number of carbonyl (C=O) groups excluding carboxylic acids is 2. The minimum absolute atomic E-state index is 0.165. The number of nitrogens with one attached hydrogen (secondary N) is 1. The summed E-state index contributed by atoms with van der Waals surface area (Å²) in [7, 11) is -3.71. The van der Waals surface area contributed by atoms with Crippen LogP contribution in [0, 0.1) is 0 Å². The van der Waals surface area contributed by atoms with E-state index in [9.17, 15) is 18.0 Å². The number of amides is 2. The lowest BCUT2D eigenvalue weighted by Gasteiger charge is -2.35. The largest absolute Gasteiger partial charge is 0.444 e. The number of hydrogen-bond acceptors (Lipinski definition) is 7. The van der Waals surface area contributed by atoms with Crippen LogP contribution in [0.15, 0.2) is 16.8 Å². The van der Waals surface area contributed by atoms with E-state index in [0.717, 1.165) is 5.56 Å². The third-order valence-corrected chi connectivity index (χ3v) is 6.33. The Morgan fingerprint density at radius 3 is 2.43 bits per heavy atom. The van der Waals surface area contributed by atoms with Gasteiger partial charge in [-0.2, -0.15) is 11.3 Å². The average Bonchev–Trinajstić information content (AvgIpc) is 3.12. The second-order valence-electron chi connectivity index (χ2n) is 7.87. The van der Waals surface area contributed by atoms with E-state index in [1.165, 1.54) is 11.3 Å². The van der Waals surface area contributed by atoms with Gasteiger partial charge in [0.1, 0.15) is 5.60 Å². The van der Waals surface area contributed by atoms with Crippen LogP contribution in [0.2, 0.25) is 0 Å². The highest BCUT2D eigenvalue weighted by Crippen LogP contribution is 2.18. The van der Waals surface area contributed by atoms with E-state index in [2.05, 4.69) is 4.72 Å². The van der Waals surface area contributed by atoms with Gasteiger partial charge < -0.3 is 9.64 Å². The molecular weight excluding hydrogens is 402 g/mol. The molecule has 2 amide bonds. The molecule has 0 saturated carbocycles. The van der Waals surface area contributed by atoms with Crippen molar-refractivity contribution < 1.29 is 22.7 Å². The molecule has 0 aromatic carbocycles. The molecule has 8 nitrogen and oxygen atoms in total. The van der Waals surface area contributed by atoms with Crippen molar-refractivity contribution in [1.29, 1.82) is 0 Å². The fraction of sp³-hybridized carbons (Fsp3) is 0.667. The molecule has 2 heterocycles. The summed E-state index contributed by atoms with van der Waals surface area (Å²) in [6.45, 7) is 9.54. The predicted molar refractivity (Wildman–Crippen MR) is 109 cm³/mol. The van der Waals surface area contributed by atoms with Gasteiger partial charge in [-0.3, -0.25) is 14.4 Å². The maximum atomic E-state index is 12.2. The fourth-order valence-electron chi connectivity index (χ4n) is 2.70. The zero-order chi connectivity index (χ0) is 20.9. The molecular formula is C18H29N3O5S2. The molecule has 1 saturated heterocycles. The standard InChI is InChI=1S/C18H29N3O5S2/c1-14(15-5-11-27-13-15)16(22)19-28(24,25)12-10-20-6-8-21(9-7-20)17(23)26-18(2,3)4/h5,11,13-14H,6-10,12H2,1-4H3,(H,19,22)/t14-/m1/s1. The van der Waals surface area contributed by atoms with Crippen molar-refractivity contribution in [3.8, 4) is 0 Å². The Kier molecular flexibility index (Phi) is 7.46. The van der Waals surface area contributed by atoms with Gasteiger partial charge in [-0.05, 0) is 50.1 Å². The maximum Gasteiger partial charge on any atom is 0.410 e. The summed E-state index contributed by atoms with van der Waals surface area (Å²) in [4.78, 5) is 27.8. The van der Waals surface area contributed by atoms with Crippen LogP contribution in [0.1, 0.15) is 39.2 Å². The van der Waals surface area contributed by atoms with Crippen LogP contribution in [0.4, 0.5) is 4.79 Å². The van der Waals surface area contributed by atoms with Crippen LogP contribution >= 0.6 is 11.3 Å². The molecule has 0 unspecified atom stereocenters. The highest BCUT2D eigenvalue weighted by Gasteiger charge is 2.27. The number of thiophene rings is 1. The van der Waals surface area contributed by atoms with Gasteiger partial charge in [0.15, 0.2) is 0 Å². The number of hydrogen-bond donors (Lipinski definition) is 1. The average molecular weight is 432 g/mol. The van der Waals surface area contributed by atoms with E-state index in [-0.39, 0.29) is 11.8 Å². The number of piperazine rings is 1. The summed E-state index contributed by atoms with van der Waals surface area (Å²) in [6.07, 6.45) is -0.352. The fourth-order valence-corrected chi connectivity index (χ4v) is 4.53. The van der Waals surface area contributed by atoms with E-state index in [0.29, 0.717) is 32.7 Å². The monoisotopic (exact) mass is 431 g/mol. The van der Waals surface area contributed by atoms with Gasteiger partial charge in [0.25, 0.3) is 0 Å². The molecule has 1 N–H and O–H groups in total. The van der Waals surface area contributed by atoms with E-state index in [1.54, 1.807) is 11.8 Å². The van der Waals surface area contributed by atoms with Crippen molar-refractivity contribution in [2.75, 3.05) is 38.5 Å². The second-order valence-corrected chi connectivity index (χ2v) is 10.5. The van der Waals surface area contributed by atoms with E-state index >= 15 is 0 Å². The first kappa shape index (κ1) is 22.6. The number of sulfonamides is 1. The SMILES string of the molecule is C[C@@H](C(=O)NS(=O)(=O)CCN1CCN(C(=O)OC(C)(C)C)CC1)c1ccsc1. The molecule has 1 fully saturated rings. The normalized spacial score (nSPS) is 17.2. The first-order valence-electron chi connectivity index (χ1n) is 9.23. The van der Waals surface area contributed by atoms with Crippen molar-refractivity contribution >= 4 is 33.4 Å². The minimum Gasteiger partial charge on any atom is -0.444 e. The van der Waals surface area contributed by atoms with Crippen LogP contribution in [-0.4, -0.2) is 74.3 Å². The number of carbonyl (C=O) groups is 2. The summed E-state index contributed by atoms with van der Waals surface area (Å²) in [5.74, 6) is -1.20. The zero-order valence-corrected chi connectivity index (χ0v) is 18.4. The van der Waals surface area contributed by atoms with Crippen LogP contribution in [0.3, 0.4) is 0 Å². The summed E-state index contributed by atoms with van der Waals surface area (Å²) in [5.41, 5.74) is 0.261. The molecule has 2 rings (SSSR count). The molecule has 158 valence electrons. The van der Waals surface area contributed by atoms with Gasteiger partial charge in [0.05, 0.1) is 11.7 Å². The van der Waals surface area contributed by atoms with E-state index < -0.39 is 27.4 Å². The molecule has 0 aliphatic carbocycles. The highest BCUT2D eigenvalue weighted by atomic mass is 32.2. The quantitative estimate of drug-likeness (QED) is 0.738. The van der Waals surface area contributed by atoms with E-state index in [1.807, 2.05) is 42.5 Å². The van der Waals surface area contributed by atoms with Gasteiger partial charge in [0, 0.05) is 32.7 Å². The molecule has 1 aliphatic heterocycles. The van der Waals surface area contributed by atoms with Crippen LogP contribution in [-0.2, 0) is 19.6 Å². The first-order valence-corrected chi connectivity index (χ1v) is 11.8. The third-order valence-electron chi connectivity index (χ3n) is 4.39. The minimum atomic E-state index is -3.71. The molecule has 28 heavy (non-hydrogen) atoms. The molecule has 0 radical (unpaired) electrons. The van der Waals surface area contributed by atoms with Crippen molar-refractivity contribution in [3.63, 3.8) is 0 Å². The Morgan fingerprint density at radius 2 is 1.89 bits per heavy atom. The molecule has 0 spiro atoms. The van der Waals surface area contributed by atoms with Crippen molar-refractivity contribution in [2.24, 2.45) is 0 Å². The van der Waals surface area contributed by atoms with Gasteiger partial charge >= 0.3 is 6.09 Å². The Labute approximate surface area is 170 Å². The number of ether oxygens (including phenoxy) is 1. The first-order chi connectivity index (χ1) is 13.0. The van der Waals surface area contributed by atoms with E-state index in [4.69, 9.17) is 4.74 Å². The smallest absolute Gasteiger partial charge is 0.410 e. The zero-order valence-electron chi connectivity index (χ0n) is 16.8. The summed E-state index contributed by atoms with van der Waals surface area (Å²) < 4.78 is 32.0. The third kappa shape index (κ3) is 7.06. The second kappa shape index (κ2) is 9.23. The molecule has 0 bridgehead atoms. The lowest BCUT2D eigenvalue weighted by atomic mass is 10.1. The van der Waals surface area contributed by atoms with Crippen LogP contribution in [0.25, 0.3) is 0 Å². The van der Waals surface area contributed by atoms with Gasteiger partial charge in [-0.15, -0.1) is 0 Å². The Balaban J connectivity index is 1.76. The number of nitrogens with zero attached hydrogens (tertiary/aromatic N) is 2. The van der Waals surface area contributed by atoms with Gasteiger partial charge in [-0.25, -0.2) is 13.2 Å². The summed E-state index contributed by atoms with van der Waals surface area (Å²) in [5, 5.41) is 3.69. The molecule has 1 aliphatic rings. The topological polar surface area (TPSA) is 96.0 Å². The van der Waals surface area contributed by atoms with Crippen LogP contribution in [0.5, 0.6) is 0 Å². The molecule has 1 aromatic rings. The van der Waals surface area contributed by atoms with Gasteiger partial charge in [-0.1, -0.05) is 0 Å². The predicted octanol–water partition coefficient (Wildman–Crippen LogP) is 1.85.